The maximum absolute atomic E-state index is 12.8. The first-order chi connectivity index (χ1) is 6.44. The molecule has 1 aromatic carbocycles. The number of anilines is 1. The molecule has 2 nitrogen and oxygen atoms in total. The highest BCUT2D eigenvalue weighted by Crippen LogP contribution is 2.21. The van der Waals surface area contributed by atoms with Crippen molar-refractivity contribution in [2.24, 2.45) is 0 Å². The fourth-order valence-electron chi connectivity index (χ4n) is 0.963. The van der Waals surface area contributed by atoms with E-state index < -0.39 is 11.4 Å². The van der Waals surface area contributed by atoms with E-state index in [9.17, 15) is 4.39 Å². The minimum atomic E-state index is -0.693. The van der Waals surface area contributed by atoms with E-state index in [2.05, 4.69) is 11.4 Å². The van der Waals surface area contributed by atoms with Gasteiger partial charge in [-0.2, -0.15) is 5.26 Å². The van der Waals surface area contributed by atoms with E-state index in [0.717, 1.165) is 0 Å². The lowest BCUT2D eigenvalue weighted by atomic mass is 10.1. The molecule has 0 fully saturated rings. The summed E-state index contributed by atoms with van der Waals surface area (Å²) < 4.78 is 12.8. The molecule has 0 saturated carbocycles. The van der Waals surface area contributed by atoms with Crippen LogP contribution in [0.4, 0.5) is 10.1 Å². The molecule has 0 spiro atoms. The topological polar surface area (TPSA) is 35.8 Å². The summed E-state index contributed by atoms with van der Waals surface area (Å²) in [5.74, 6) is -0.466. The van der Waals surface area contributed by atoms with Crippen LogP contribution in [0.2, 0.25) is 5.02 Å². The van der Waals surface area contributed by atoms with Crippen LogP contribution in [-0.2, 0) is 0 Å². The van der Waals surface area contributed by atoms with Gasteiger partial charge < -0.3 is 5.32 Å². The molecule has 1 N–H and O–H groups in total. The number of nitriles is 1. The molecule has 0 amide bonds. The van der Waals surface area contributed by atoms with Crippen LogP contribution in [0.1, 0.15) is 13.8 Å². The number of halogens is 2. The molecule has 0 bridgehead atoms. The Morgan fingerprint density at radius 3 is 2.64 bits per heavy atom. The normalized spacial score (nSPS) is 10.8. The van der Waals surface area contributed by atoms with Gasteiger partial charge in [0.05, 0.1) is 11.1 Å². The third-order valence-corrected chi connectivity index (χ3v) is 1.95. The summed E-state index contributed by atoms with van der Waals surface area (Å²) in [5, 5.41) is 11.7. The molecule has 0 aliphatic heterocycles. The van der Waals surface area contributed by atoms with Gasteiger partial charge in [0.25, 0.3) is 0 Å². The van der Waals surface area contributed by atoms with Crippen molar-refractivity contribution < 1.29 is 4.39 Å². The van der Waals surface area contributed by atoms with E-state index in [-0.39, 0.29) is 5.02 Å². The molecule has 14 heavy (non-hydrogen) atoms. The number of benzene rings is 1. The van der Waals surface area contributed by atoms with Gasteiger partial charge in [-0.05, 0) is 32.0 Å². The van der Waals surface area contributed by atoms with Gasteiger partial charge >= 0.3 is 0 Å². The highest BCUT2D eigenvalue weighted by Gasteiger charge is 2.15. The molecule has 1 aromatic rings. The lowest BCUT2D eigenvalue weighted by Gasteiger charge is -2.19. The Balaban J connectivity index is 2.90. The van der Waals surface area contributed by atoms with Gasteiger partial charge in [-0.25, -0.2) is 4.39 Å². The van der Waals surface area contributed by atoms with Crippen molar-refractivity contribution in [2.45, 2.75) is 19.4 Å². The summed E-state index contributed by atoms with van der Waals surface area (Å²) in [6.45, 7) is 3.45. The minimum absolute atomic E-state index is 0.0451. The fourth-order valence-corrected chi connectivity index (χ4v) is 1.14. The van der Waals surface area contributed by atoms with Crippen molar-refractivity contribution in [3.8, 4) is 6.07 Å². The summed E-state index contributed by atoms with van der Waals surface area (Å²) in [6.07, 6.45) is 0. The molecule has 1 rings (SSSR count). The number of hydrogen-bond acceptors (Lipinski definition) is 2. The van der Waals surface area contributed by atoms with Crippen LogP contribution in [0.5, 0.6) is 0 Å². The lowest BCUT2D eigenvalue weighted by molar-refractivity contribution is 0.628. The van der Waals surface area contributed by atoms with Crippen molar-refractivity contribution >= 4 is 17.3 Å². The van der Waals surface area contributed by atoms with Crippen LogP contribution in [-0.4, -0.2) is 5.54 Å². The van der Waals surface area contributed by atoms with E-state index in [4.69, 9.17) is 16.9 Å². The Morgan fingerprint density at radius 2 is 2.14 bits per heavy atom. The number of nitrogens with one attached hydrogen (secondary N) is 1. The maximum Gasteiger partial charge on any atom is 0.141 e. The predicted molar refractivity (Wildman–Crippen MR) is 54.7 cm³/mol. The Morgan fingerprint density at radius 1 is 1.50 bits per heavy atom. The molecular formula is C10H10ClFN2. The molecule has 0 aromatic heterocycles. The van der Waals surface area contributed by atoms with Gasteiger partial charge in [0.1, 0.15) is 11.4 Å². The molecule has 0 aliphatic rings. The average Bonchev–Trinajstić information content (AvgIpc) is 2.11. The molecular weight excluding hydrogens is 203 g/mol. The predicted octanol–water partition coefficient (Wildman–Crippen LogP) is 3.19. The largest absolute Gasteiger partial charge is 0.368 e. The van der Waals surface area contributed by atoms with Gasteiger partial charge in [0, 0.05) is 5.69 Å². The van der Waals surface area contributed by atoms with E-state index in [1.807, 2.05) is 0 Å². The summed E-state index contributed by atoms with van der Waals surface area (Å²) in [7, 11) is 0. The van der Waals surface area contributed by atoms with Crippen LogP contribution < -0.4 is 5.32 Å². The molecule has 0 aliphatic carbocycles. The average molecular weight is 213 g/mol. The van der Waals surface area contributed by atoms with Crippen molar-refractivity contribution in [3.63, 3.8) is 0 Å². The molecule has 0 heterocycles. The lowest BCUT2D eigenvalue weighted by Crippen LogP contribution is -2.28. The zero-order valence-electron chi connectivity index (χ0n) is 7.94. The van der Waals surface area contributed by atoms with E-state index >= 15 is 0 Å². The Kier molecular flexibility index (Phi) is 2.97. The summed E-state index contributed by atoms with van der Waals surface area (Å²) >= 11 is 5.59. The van der Waals surface area contributed by atoms with E-state index in [1.54, 1.807) is 19.9 Å². The van der Waals surface area contributed by atoms with Crippen LogP contribution in [0.3, 0.4) is 0 Å². The molecule has 0 radical (unpaired) electrons. The SMILES string of the molecule is CC(C)(C#N)Nc1ccc(F)c(Cl)c1. The Labute approximate surface area is 87.3 Å². The van der Waals surface area contributed by atoms with Gasteiger partial charge in [-0.1, -0.05) is 11.6 Å². The first kappa shape index (κ1) is 10.8. The van der Waals surface area contributed by atoms with Crippen LogP contribution >= 0.6 is 11.6 Å². The van der Waals surface area contributed by atoms with Crippen LogP contribution in [0, 0.1) is 17.1 Å². The summed E-state index contributed by atoms with van der Waals surface area (Å²) in [5.41, 5.74) is -0.0656. The highest BCUT2D eigenvalue weighted by atomic mass is 35.5. The molecule has 4 heteroatoms. The van der Waals surface area contributed by atoms with Crippen molar-refractivity contribution in [1.82, 2.24) is 0 Å². The quantitative estimate of drug-likeness (QED) is 0.817. The smallest absolute Gasteiger partial charge is 0.141 e. The summed E-state index contributed by atoms with van der Waals surface area (Å²) in [4.78, 5) is 0. The van der Waals surface area contributed by atoms with Crippen molar-refractivity contribution in [1.29, 1.82) is 5.26 Å². The third-order valence-electron chi connectivity index (χ3n) is 1.66. The first-order valence-electron chi connectivity index (χ1n) is 4.09. The Bertz CT molecular complexity index is 382. The fraction of sp³-hybridized carbons (Fsp3) is 0.300. The monoisotopic (exact) mass is 212 g/mol. The van der Waals surface area contributed by atoms with Crippen LogP contribution in [0.25, 0.3) is 0 Å². The van der Waals surface area contributed by atoms with Crippen molar-refractivity contribution in [2.75, 3.05) is 5.32 Å². The van der Waals surface area contributed by atoms with E-state index in [1.165, 1.54) is 12.1 Å². The second-order valence-corrected chi connectivity index (χ2v) is 3.90. The standard InChI is InChI=1S/C10H10ClFN2/c1-10(2,6-13)14-7-3-4-9(12)8(11)5-7/h3-5,14H,1-2H3. The zero-order chi connectivity index (χ0) is 10.8. The first-order valence-corrected chi connectivity index (χ1v) is 4.47. The van der Waals surface area contributed by atoms with E-state index in [0.29, 0.717) is 5.69 Å². The Hall–Kier alpha value is -1.27. The van der Waals surface area contributed by atoms with Gasteiger partial charge in [0.2, 0.25) is 0 Å². The maximum atomic E-state index is 12.8. The molecule has 0 atom stereocenters. The highest BCUT2D eigenvalue weighted by molar-refractivity contribution is 6.31. The van der Waals surface area contributed by atoms with Gasteiger partial charge in [-0.15, -0.1) is 0 Å². The number of hydrogen-bond donors (Lipinski definition) is 1. The minimum Gasteiger partial charge on any atom is -0.368 e. The second-order valence-electron chi connectivity index (χ2n) is 3.49. The number of nitrogens with zero attached hydrogens (tertiary/aromatic N) is 1. The summed E-state index contributed by atoms with van der Waals surface area (Å²) in [6, 6.07) is 6.33. The molecule has 0 unspecified atom stereocenters. The van der Waals surface area contributed by atoms with Crippen LogP contribution in [0.15, 0.2) is 18.2 Å². The number of rotatable bonds is 2. The second kappa shape index (κ2) is 3.85. The molecule has 74 valence electrons. The van der Waals surface area contributed by atoms with Gasteiger partial charge in [-0.3, -0.25) is 0 Å². The zero-order valence-corrected chi connectivity index (χ0v) is 8.69. The van der Waals surface area contributed by atoms with Crippen molar-refractivity contribution in [3.05, 3.63) is 29.0 Å². The molecule has 0 saturated heterocycles. The van der Waals surface area contributed by atoms with Gasteiger partial charge in [0.15, 0.2) is 0 Å². The third kappa shape index (κ3) is 2.61.